The van der Waals surface area contributed by atoms with Crippen molar-refractivity contribution in [2.45, 2.75) is 45.4 Å². The second-order valence-electron chi connectivity index (χ2n) is 4.65. The zero-order chi connectivity index (χ0) is 12.3. The van der Waals surface area contributed by atoms with Crippen molar-refractivity contribution in [3.8, 4) is 0 Å². The van der Waals surface area contributed by atoms with Crippen LogP contribution in [0.1, 0.15) is 27.2 Å². The van der Waals surface area contributed by atoms with Crippen LogP contribution in [0.25, 0.3) is 0 Å². The number of esters is 1. The van der Waals surface area contributed by atoms with E-state index in [9.17, 15) is 4.79 Å². The zero-order valence-corrected chi connectivity index (χ0v) is 10.9. The number of hydrogen-bond donors (Lipinski definition) is 0. The number of methoxy groups -OCH3 is 1. The normalized spacial score (nSPS) is 29.1. The monoisotopic (exact) mass is 229 g/mol. The number of carbonyl (C=O) groups is 1. The highest BCUT2D eigenvalue weighted by Crippen LogP contribution is 2.23. The van der Waals surface area contributed by atoms with Gasteiger partial charge in [0.25, 0.3) is 0 Å². The summed E-state index contributed by atoms with van der Waals surface area (Å²) in [6.07, 6.45) is 1.29. The van der Waals surface area contributed by atoms with E-state index in [4.69, 9.17) is 9.47 Å². The molecule has 0 aliphatic carbocycles. The van der Waals surface area contributed by atoms with E-state index < -0.39 is 0 Å². The van der Waals surface area contributed by atoms with Crippen LogP contribution >= 0.6 is 0 Å². The van der Waals surface area contributed by atoms with Crippen molar-refractivity contribution in [3.05, 3.63) is 0 Å². The van der Waals surface area contributed by atoms with Crippen molar-refractivity contribution < 1.29 is 14.3 Å². The molecule has 1 aliphatic rings. The fourth-order valence-corrected chi connectivity index (χ4v) is 2.29. The molecule has 4 heteroatoms. The van der Waals surface area contributed by atoms with Crippen LogP contribution in [0.2, 0.25) is 0 Å². The van der Waals surface area contributed by atoms with E-state index in [0.717, 1.165) is 13.0 Å². The van der Waals surface area contributed by atoms with Gasteiger partial charge in [-0.25, -0.2) is 0 Å². The molecule has 1 fully saturated rings. The highest BCUT2D eigenvalue weighted by atomic mass is 16.5. The summed E-state index contributed by atoms with van der Waals surface area (Å²) in [4.78, 5) is 13.7. The molecule has 0 aromatic carbocycles. The number of hydrogen-bond acceptors (Lipinski definition) is 4. The molecule has 1 aliphatic heterocycles. The minimum absolute atomic E-state index is 0.109. The van der Waals surface area contributed by atoms with Crippen LogP contribution in [-0.2, 0) is 14.3 Å². The predicted molar refractivity (Wildman–Crippen MR) is 62.2 cm³/mol. The van der Waals surface area contributed by atoms with Crippen LogP contribution in [-0.4, -0.2) is 49.8 Å². The Morgan fingerprint density at radius 2 is 2.12 bits per heavy atom. The molecule has 4 atom stereocenters. The summed E-state index contributed by atoms with van der Waals surface area (Å²) >= 11 is 0. The molecule has 0 amide bonds. The van der Waals surface area contributed by atoms with Crippen LogP contribution in [0, 0.1) is 5.92 Å². The highest BCUT2D eigenvalue weighted by molar-refractivity contribution is 5.72. The largest absolute Gasteiger partial charge is 0.469 e. The quantitative estimate of drug-likeness (QED) is 0.681. The van der Waals surface area contributed by atoms with Crippen molar-refractivity contribution in [1.29, 1.82) is 0 Å². The fourth-order valence-electron chi connectivity index (χ4n) is 2.29. The van der Waals surface area contributed by atoms with Gasteiger partial charge in [0.15, 0.2) is 0 Å². The van der Waals surface area contributed by atoms with Gasteiger partial charge in [0.1, 0.15) is 0 Å². The Balaban J connectivity index is 2.58. The number of likely N-dealkylation sites (N-methyl/N-ethyl adjacent to an activating group) is 1. The van der Waals surface area contributed by atoms with Crippen molar-refractivity contribution >= 4 is 5.97 Å². The molecule has 1 rings (SSSR count). The van der Waals surface area contributed by atoms with Crippen molar-refractivity contribution in [3.63, 3.8) is 0 Å². The standard InChI is InChI=1S/C12H23NO3/c1-8(12(14)15-5)9(2)13(4)11-6-7-16-10(11)3/h8-11H,6-7H2,1-5H3. The third-order valence-electron chi connectivity index (χ3n) is 3.80. The average Bonchev–Trinajstić information content (AvgIpc) is 2.71. The predicted octanol–water partition coefficient (Wildman–Crippen LogP) is 1.29. The first kappa shape index (κ1) is 13.5. The summed E-state index contributed by atoms with van der Waals surface area (Å²) in [6, 6.07) is 0.573. The van der Waals surface area contributed by atoms with Crippen LogP contribution in [0.4, 0.5) is 0 Å². The molecule has 94 valence electrons. The lowest BCUT2D eigenvalue weighted by atomic mass is 9.99. The first-order chi connectivity index (χ1) is 7.49. The number of carbonyl (C=O) groups excluding carboxylic acids is 1. The molecule has 0 radical (unpaired) electrons. The molecule has 0 bridgehead atoms. The topological polar surface area (TPSA) is 38.8 Å². The van der Waals surface area contributed by atoms with Crippen molar-refractivity contribution in [2.24, 2.45) is 5.92 Å². The Bertz CT molecular complexity index is 244. The van der Waals surface area contributed by atoms with Crippen LogP contribution in [0.5, 0.6) is 0 Å². The third kappa shape index (κ3) is 2.74. The van der Waals surface area contributed by atoms with Gasteiger partial charge in [0, 0.05) is 18.7 Å². The lowest BCUT2D eigenvalue weighted by Crippen LogP contribution is -2.46. The molecule has 0 saturated carbocycles. The Morgan fingerprint density at radius 1 is 1.50 bits per heavy atom. The van der Waals surface area contributed by atoms with E-state index in [1.54, 1.807) is 0 Å². The average molecular weight is 229 g/mol. The Morgan fingerprint density at radius 3 is 2.56 bits per heavy atom. The fraction of sp³-hybridized carbons (Fsp3) is 0.917. The Hall–Kier alpha value is -0.610. The number of ether oxygens (including phenoxy) is 2. The van der Waals surface area contributed by atoms with E-state index in [0.29, 0.717) is 6.04 Å². The smallest absolute Gasteiger partial charge is 0.309 e. The lowest BCUT2D eigenvalue weighted by Gasteiger charge is -2.34. The lowest BCUT2D eigenvalue weighted by molar-refractivity contribution is -0.147. The minimum Gasteiger partial charge on any atom is -0.469 e. The first-order valence-electron chi connectivity index (χ1n) is 5.90. The van der Waals surface area contributed by atoms with Crippen molar-refractivity contribution in [1.82, 2.24) is 4.90 Å². The molecule has 4 unspecified atom stereocenters. The van der Waals surface area contributed by atoms with Gasteiger partial charge in [0.05, 0.1) is 19.1 Å². The summed E-state index contributed by atoms with van der Waals surface area (Å²) < 4.78 is 10.3. The van der Waals surface area contributed by atoms with E-state index >= 15 is 0 Å². The van der Waals surface area contributed by atoms with Gasteiger partial charge < -0.3 is 9.47 Å². The Labute approximate surface area is 97.9 Å². The zero-order valence-electron chi connectivity index (χ0n) is 10.9. The molecule has 1 saturated heterocycles. The maximum absolute atomic E-state index is 11.5. The van der Waals surface area contributed by atoms with E-state index in [1.165, 1.54) is 7.11 Å². The van der Waals surface area contributed by atoms with Gasteiger partial charge in [-0.3, -0.25) is 9.69 Å². The summed E-state index contributed by atoms with van der Waals surface area (Å²) in [5.41, 5.74) is 0. The van der Waals surface area contributed by atoms with Crippen molar-refractivity contribution in [2.75, 3.05) is 20.8 Å². The Kier molecular flexibility index (Phi) is 4.74. The maximum atomic E-state index is 11.5. The van der Waals surface area contributed by atoms with Gasteiger partial charge in [-0.1, -0.05) is 6.92 Å². The highest BCUT2D eigenvalue weighted by Gasteiger charge is 2.34. The van der Waals surface area contributed by atoms with Gasteiger partial charge in [-0.2, -0.15) is 0 Å². The summed E-state index contributed by atoms with van der Waals surface area (Å²) in [6.45, 7) is 6.87. The number of rotatable bonds is 4. The molecular weight excluding hydrogens is 206 g/mol. The SMILES string of the molecule is COC(=O)C(C)C(C)N(C)C1CCOC1C. The maximum Gasteiger partial charge on any atom is 0.309 e. The van der Waals surface area contributed by atoms with Gasteiger partial charge in [-0.05, 0) is 27.3 Å². The summed E-state index contributed by atoms with van der Waals surface area (Å²) in [5.74, 6) is -0.256. The third-order valence-corrected chi connectivity index (χ3v) is 3.80. The molecule has 16 heavy (non-hydrogen) atoms. The summed E-state index contributed by atoms with van der Waals surface area (Å²) in [7, 11) is 3.49. The molecular formula is C12H23NO3. The van der Waals surface area contributed by atoms with Crippen LogP contribution in [0.3, 0.4) is 0 Å². The van der Waals surface area contributed by atoms with Crippen LogP contribution < -0.4 is 0 Å². The first-order valence-corrected chi connectivity index (χ1v) is 5.90. The van der Waals surface area contributed by atoms with Gasteiger partial charge in [0.2, 0.25) is 0 Å². The second kappa shape index (κ2) is 5.64. The number of nitrogens with zero attached hydrogens (tertiary/aromatic N) is 1. The van der Waals surface area contributed by atoms with E-state index in [-0.39, 0.29) is 24.0 Å². The van der Waals surface area contributed by atoms with Crippen LogP contribution in [0.15, 0.2) is 0 Å². The van der Waals surface area contributed by atoms with E-state index in [1.807, 2.05) is 6.92 Å². The molecule has 0 N–H and O–H groups in total. The second-order valence-corrected chi connectivity index (χ2v) is 4.65. The van der Waals surface area contributed by atoms with E-state index in [2.05, 4.69) is 25.8 Å². The molecule has 4 nitrogen and oxygen atoms in total. The molecule has 0 aromatic heterocycles. The summed E-state index contributed by atoms with van der Waals surface area (Å²) in [5, 5.41) is 0. The molecule has 1 heterocycles. The van der Waals surface area contributed by atoms with Gasteiger partial charge in [-0.15, -0.1) is 0 Å². The molecule has 0 aromatic rings. The minimum atomic E-state index is -0.147. The van der Waals surface area contributed by atoms with Gasteiger partial charge >= 0.3 is 5.97 Å². The molecule has 0 spiro atoms.